The molecule has 4 bridgehead atoms. The summed E-state index contributed by atoms with van der Waals surface area (Å²) in [5.74, 6) is 4.14. The van der Waals surface area contributed by atoms with Gasteiger partial charge in [-0.1, -0.05) is 6.92 Å². The summed E-state index contributed by atoms with van der Waals surface area (Å²) < 4.78 is 0. The van der Waals surface area contributed by atoms with E-state index in [0.717, 1.165) is 30.2 Å². The molecule has 2 unspecified atom stereocenters. The van der Waals surface area contributed by atoms with Crippen LogP contribution < -0.4 is 5.73 Å². The predicted molar refractivity (Wildman–Crippen MR) is 54.2 cm³/mol. The molecular weight excluding hydrogens is 158 g/mol. The molecule has 4 aliphatic rings. The summed E-state index contributed by atoms with van der Waals surface area (Å²) in [6.45, 7) is 3.44. The molecule has 0 aromatic rings. The van der Waals surface area contributed by atoms with E-state index in [2.05, 4.69) is 6.92 Å². The van der Waals surface area contributed by atoms with Gasteiger partial charge in [-0.2, -0.15) is 0 Å². The lowest BCUT2D eigenvalue weighted by Crippen LogP contribution is -2.52. The third kappa shape index (κ3) is 1.03. The van der Waals surface area contributed by atoms with E-state index in [1.807, 2.05) is 0 Å². The lowest BCUT2D eigenvalue weighted by atomic mass is 9.46. The third-order valence-electron chi connectivity index (χ3n) is 5.30. The van der Waals surface area contributed by atoms with Gasteiger partial charge in [0.15, 0.2) is 0 Å². The highest BCUT2D eigenvalue weighted by Gasteiger charge is 2.53. The first-order valence-corrected chi connectivity index (χ1v) is 5.92. The van der Waals surface area contributed by atoms with Gasteiger partial charge in [0.1, 0.15) is 0 Å². The number of nitrogens with two attached hydrogens (primary N) is 1. The second-order valence-electron chi connectivity index (χ2n) is 6.03. The Hall–Kier alpha value is -0.0400. The highest BCUT2D eigenvalue weighted by atomic mass is 14.7. The predicted octanol–water partition coefficient (Wildman–Crippen LogP) is 2.41. The summed E-state index contributed by atoms with van der Waals surface area (Å²) >= 11 is 0. The fourth-order valence-electron chi connectivity index (χ4n) is 4.70. The summed E-state index contributed by atoms with van der Waals surface area (Å²) in [7, 11) is 0. The van der Waals surface area contributed by atoms with E-state index in [-0.39, 0.29) is 0 Å². The van der Waals surface area contributed by atoms with E-state index in [4.69, 9.17) is 5.73 Å². The Kier molecular flexibility index (Phi) is 1.59. The van der Waals surface area contributed by atoms with Gasteiger partial charge in [-0.05, 0) is 67.7 Å². The van der Waals surface area contributed by atoms with Crippen LogP contribution >= 0.6 is 0 Å². The van der Waals surface area contributed by atoms with Crippen molar-refractivity contribution in [3.8, 4) is 0 Å². The fraction of sp³-hybridized carbons (Fsp3) is 1.00. The molecular formula is C12H21N. The van der Waals surface area contributed by atoms with Crippen LogP contribution in [0.4, 0.5) is 0 Å². The largest absolute Gasteiger partial charge is 0.330 e. The molecule has 2 N–H and O–H groups in total. The second-order valence-corrected chi connectivity index (χ2v) is 6.03. The maximum atomic E-state index is 5.97. The van der Waals surface area contributed by atoms with Gasteiger partial charge in [0.2, 0.25) is 0 Å². The van der Waals surface area contributed by atoms with Crippen molar-refractivity contribution in [1.29, 1.82) is 0 Å². The molecule has 74 valence electrons. The Morgan fingerprint density at radius 3 is 2.31 bits per heavy atom. The Morgan fingerprint density at radius 2 is 1.77 bits per heavy atom. The molecule has 4 rings (SSSR count). The molecule has 0 saturated heterocycles. The van der Waals surface area contributed by atoms with Crippen LogP contribution in [0.25, 0.3) is 0 Å². The van der Waals surface area contributed by atoms with Gasteiger partial charge in [-0.25, -0.2) is 0 Å². The van der Waals surface area contributed by atoms with Crippen LogP contribution in [0.15, 0.2) is 0 Å². The van der Waals surface area contributed by atoms with Crippen LogP contribution in [0, 0.1) is 29.1 Å². The van der Waals surface area contributed by atoms with Gasteiger partial charge < -0.3 is 5.73 Å². The average Bonchev–Trinajstić information content (AvgIpc) is 2.13. The summed E-state index contributed by atoms with van der Waals surface area (Å²) in [6.07, 6.45) is 7.43. The van der Waals surface area contributed by atoms with Crippen molar-refractivity contribution in [1.82, 2.24) is 0 Å². The van der Waals surface area contributed by atoms with Crippen LogP contribution in [0.2, 0.25) is 0 Å². The minimum absolute atomic E-state index is 0.600. The highest BCUT2D eigenvalue weighted by Crippen LogP contribution is 2.61. The van der Waals surface area contributed by atoms with Crippen molar-refractivity contribution in [3.05, 3.63) is 0 Å². The van der Waals surface area contributed by atoms with Gasteiger partial charge >= 0.3 is 0 Å². The number of rotatable bonds is 1. The lowest BCUT2D eigenvalue weighted by molar-refractivity contribution is -0.0841. The molecule has 0 amide bonds. The van der Waals surface area contributed by atoms with Crippen molar-refractivity contribution in [2.75, 3.05) is 6.54 Å². The van der Waals surface area contributed by atoms with Gasteiger partial charge in [0.25, 0.3) is 0 Å². The van der Waals surface area contributed by atoms with Crippen molar-refractivity contribution < 1.29 is 0 Å². The monoisotopic (exact) mass is 179 g/mol. The zero-order chi connectivity index (χ0) is 9.05. The Bertz CT molecular complexity index is 207. The number of hydrogen-bond acceptors (Lipinski definition) is 1. The zero-order valence-corrected chi connectivity index (χ0v) is 8.63. The van der Waals surface area contributed by atoms with Gasteiger partial charge in [-0.15, -0.1) is 0 Å². The second kappa shape index (κ2) is 2.50. The average molecular weight is 179 g/mol. The van der Waals surface area contributed by atoms with E-state index >= 15 is 0 Å². The van der Waals surface area contributed by atoms with E-state index in [1.165, 1.54) is 32.1 Å². The molecule has 1 heteroatoms. The third-order valence-corrected chi connectivity index (χ3v) is 5.30. The first-order valence-electron chi connectivity index (χ1n) is 5.92. The summed E-state index contributed by atoms with van der Waals surface area (Å²) in [5, 5.41) is 0. The minimum atomic E-state index is 0.600. The Labute approximate surface area is 81.1 Å². The first kappa shape index (κ1) is 8.28. The SMILES string of the molecule is CC1C2CC3CC1CC(CN)(C3)C2. The normalized spacial score (nSPS) is 58.6. The van der Waals surface area contributed by atoms with Crippen molar-refractivity contribution in [3.63, 3.8) is 0 Å². The maximum Gasteiger partial charge on any atom is -0.00202 e. The summed E-state index contributed by atoms with van der Waals surface area (Å²) in [4.78, 5) is 0. The molecule has 0 aromatic heterocycles. The van der Waals surface area contributed by atoms with Crippen LogP contribution in [0.3, 0.4) is 0 Å². The smallest absolute Gasteiger partial charge is 0.00202 e. The van der Waals surface area contributed by atoms with Crippen LogP contribution in [0.5, 0.6) is 0 Å². The Balaban J connectivity index is 1.92. The molecule has 0 aromatic carbocycles. The molecule has 13 heavy (non-hydrogen) atoms. The molecule has 4 fully saturated rings. The fourth-order valence-corrected chi connectivity index (χ4v) is 4.70. The standard InChI is InChI=1S/C12H21N/c1-8-10-2-9-3-11(8)6-12(4-9,5-10)7-13/h8-11H,2-7,13H2,1H3. The molecule has 2 atom stereocenters. The van der Waals surface area contributed by atoms with E-state index < -0.39 is 0 Å². The molecule has 1 nitrogen and oxygen atoms in total. The quantitative estimate of drug-likeness (QED) is 0.657. The summed E-state index contributed by atoms with van der Waals surface area (Å²) in [5.41, 5.74) is 6.57. The van der Waals surface area contributed by atoms with Crippen LogP contribution in [-0.2, 0) is 0 Å². The van der Waals surface area contributed by atoms with Crippen LogP contribution in [-0.4, -0.2) is 6.54 Å². The maximum absolute atomic E-state index is 5.97. The van der Waals surface area contributed by atoms with E-state index in [1.54, 1.807) is 0 Å². The molecule has 4 saturated carbocycles. The van der Waals surface area contributed by atoms with Gasteiger partial charge in [0.05, 0.1) is 0 Å². The highest BCUT2D eigenvalue weighted by molar-refractivity contribution is 5.04. The number of hydrogen-bond donors (Lipinski definition) is 1. The molecule has 0 radical (unpaired) electrons. The van der Waals surface area contributed by atoms with E-state index in [0.29, 0.717) is 5.41 Å². The van der Waals surface area contributed by atoms with Crippen molar-refractivity contribution in [2.24, 2.45) is 34.8 Å². The van der Waals surface area contributed by atoms with Crippen molar-refractivity contribution in [2.45, 2.75) is 39.0 Å². The summed E-state index contributed by atoms with van der Waals surface area (Å²) in [6, 6.07) is 0. The lowest BCUT2D eigenvalue weighted by Gasteiger charge is -2.59. The molecule has 0 heterocycles. The Morgan fingerprint density at radius 1 is 1.15 bits per heavy atom. The van der Waals surface area contributed by atoms with Crippen LogP contribution in [0.1, 0.15) is 39.0 Å². The minimum Gasteiger partial charge on any atom is -0.330 e. The molecule has 0 spiro atoms. The first-order chi connectivity index (χ1) is 6.22. The van der Waals surface area contributed by atoms with Crippen molar-refractivity contribution >= 4 is 0 Å². The van der Waals surface area contributed by atoms with Gasteiger partial charge in [0, 0.05) is 0 Å². The van der Waals surface area contributed by atoms with Gasteiger partial charge in [-0.3, -0.25) is 0 Å². The topological polar surface area (TPSA) is 26.0 Å². The van der Waals surface area contributed by atoms with E-state index in [9.17, 15) is 0 Å². The zero-order valence-electron chi connectivity index (χ0n) is 8.63. The molecule has 4 aliphatic carbocycles. The molecule has 0 aliphatic heterocycles.